The summed E-state index contributed by atoms with van der Waals surface area (Å²) in [5.74, 6) is 0.651. The summed E-state index contributed by atoms with van der Waals surface area (Å²) < 4.78 is 5.23. The molecule has 0 unspecified atom stereocenters. The van der Waals surface area contributed by atoms with Gasteiger partial charge in [-0.1, -0.05) is 0 Å². The number of rotatable bonds is 7. The topological polar surface area (TPSA) is 104 Å². The number of hydrogen-bond acceptors (Lipinski definition) is 8. The lowest BCUT2D eigenvalue weighted by Gasteiger charge is -2.30. The number of carboxylic acid groups (broad SMARTS) is 1. The van der Waals surface area contributed by atoms with Crippen LogP contribution in [0.4, 0.5) is 17.3 Å². The van der Waals surface area contributed by atoms with E-state index in [2.05, 4.69) is 31.2 Å². The van der Waals surface area contributed by atoms with Crippen LogP contribution in [0, 0.1) is 0 Å². The fourth-order valence-electron chi connectivity index (χ4n) is 3.49. The van der Waals surface area contributed by atoms with Gasteiger partial charge < -0.3 is 25.0 Å². The molecular formula is C18H22N6O3. The second-order valence-corrected chi connectivity index (χ2v) is 6.73. The maximum atomic E-state index is 10.9. The number of nitrogens with zero attached hydrogens (tertiary/aromatic N) is 5. The van der Waals surface area contributed by atoms with Crippen molar-refractivity contribution >= 4 is 23.3 Å². The van der Waals surface area contributed by atoms with Crippen molar-refractivity contribution < 1.29 is 14.6 Å². The lowest BCUT2D eigenvalue weighted by Crippen LogP contribution is -2.33. The van der Waals surface area contributed by atoms with Crippen LogP contribution >= 0.6 is 0 Å². The second-order valence-electron chi connectivity index (χ2n) is 6.73. The molecule has 142 valence electrons. The molecule has 1 saturated heterocycles. The van der Waals surface area contributed by atoms with E-state index >= 15 is 0 Å². The number of ether oxygens (including phenoxy) is 1. The van der Waals surface area contributed by atoms with E-state index in [9.17, 15) is 4.79 Å². The van der Waals surface area contributed by atoms with Crippen molar-refractivity contribution in [2.75, 3.05) is 48.5 Å². The first kappa shape index (κ1) is 17.5. The number of nitrogens with one attached hydrogen (secondary N) is 1. The number of aromatic nitrogens is 3. The lowest BCUT2D eigenvalue weighted by atomic mass is 10.2. The minimum Gasteiger partial charge on any atom is -0.476 e. The van der Waals surface area contributed by atoms with Gasteiger partial charge in [-0.15, -0.1) is 0 Å². The first-order chi connectivity index (χ1) is 13.1. The van der Waals surface area contributed by atoms with Crippen molar-refractivity contribution in [2.45, 2.75) is 19.0 Å². The zero-order valence-electron chi connectivity index (χ0n) is 15.1. The first-order valence-corrected chi connectivity index (χ1v) is 8.94. The standard InChI is InChI=1S/C18H22N6O3/c1-27-7-6-24(11-13-8-20-14(9-19-13)18(25)26)16-3-2-15-17(22-16)21-12-4-5-23(15)10-12/h2-3,8-9,12H,4-7,10-11H2,1H3,(H,21,22)(H,25,26)/t12-/m0/s1. The molecule has 2 aliphatic heterocycles. The first-order valence-electron chi connectivity index (χ1n) is 8.94. The Balaban J connectivity index is 1.56. The summed E-state index contributed by atoms with van der Waals surface area (Å²) in [5.41, 5.74) is 1.75. The fourth-order valence-corrected chi connectivity index (χ4v) is 3.49. The average molecular weight is 370 g/mol. The Kier molecular flexibility index (Phi) is 4.76. The zero-order valence-corrected chi connectivity index (χ0v) is 15.1. The number of anilines is 3. The Hall–Kier alpha value is -2.94. The minimum atomic E-state index is -1.09. The summed E-state index contributed by atoms with van der Waals surface area (Å²) in [6.45, 7) is 3.74. The van der Waals surface area contributed by atoms with E-state index in [0.29, 0.717) is 31.4 Å². The number of carbonyl (C=O) groups is 1. The molecule has 9 nitrogen and oxygen atoms in total. The summed E-state index contributed by atoms with van der Waals surface area (Å²) in [5, 5.41) is 12.5. The summed E-state index contributed by atoms with van der Waals surface area (Å²) in [6.07, 6.45) is 3.90. The highest BCUT2D eigenvalue weighted by molar-refractivity contribution is 5.84. The number of hydrogen-bond donors (Lipinski definition) is 2. The Morgan fingerprint density at radius 3 is 3.04 bits per heavy atom. The molecule has 1 atom stereocenters. The number of aromatic carboxylic acids is 1. The van der Waals surface area contributed by atoms with Crippen molar-refractivity contribution in [3.8, 4) is 0 Å². The van der Waals surface area contributed by atoms with E-state index in [4.69, 9.17) is 14.8 Å². The predicted molar refractivity (Wildman–Crippen MR) is 100 cm³/mol. The van der Waals surface area contributed by atoms with Crippen LogP contribution in [-0.2, 0) is 11.3 Å². The molecule has 9 heteroatoms. The summed E-state index contributed by atoms with van der Waals surface area (Å²) >= 11 is 0. The summed E-state index contributed by atoms with van der Waals surface area (Å²) in [6, 6.07) is 4.57. The second kappa shape index (κ2) is 7.36. The van der Waals surface area contributed by atoms with Crippen molar-refractivity contribution in [2.24, 2.45) is 0 Å². The average Bonchev–Trinajstić information content (AvgIpc) is 3.07. The van der Waals surface area contributed by atoms with Crippen molar-refractivity contribution in [3.63, 3.8) is 0 Å². The Bertz CT molecular complexity index is 828. The third-order valence-electron chi connectivity index (χ3n) is 4.90. The van der Waals surface area contributed by atoms with E-state index in [-0.39, 0.29) is 5.69 Å². The van der Waals surface area contributed by atoms with Crippen LogP contribution in [0.25, 0.3) is 0 Å². The molecule has 0 aliphatic carbocycles. The van der Waals surface area contributed by atoms with Gasteiger partial charge in [-0.05, 0) is 18.6 Å². The van der Waals surface area contributed by atoms with E-state index in [1.807, 2.05) is 6.07 Å². The molecule has 0 spiro atoms. The maximum Gasteiger partial charge on any atom is 0.356 e. The largest absolute Gasteiger partial charge is 0.476 e. The van der Waals surface area contributed by atoms with Crippen LogP contribution in [0.3, 0.4) is 0 Å². The van der Waals surface area contributed by atoms with Crippen LogP contribution in [-0.4, -0.2) is 65.4 Å². The van der Waals surface area contributed by atoms with Gasteiger partial charge in [0.15, 0.2) is 11.5 Å². The van der Waals surface area contributed by atoms with E-state index in [1.54, 1.807) is 7.11 Å². The van der Waals surface area contributed by atoms with Crippen LogP contribution < -0.4 is 15.1 Å². The molecule has 0 radical (unpaired) electrons. The normalized spacial score (nSPS) is 17.4. The summed E-state index contributed by atoms with van der Waals surface area (Å²) in [4.78, 5) is 28.3. The Morgan fingerprint density at radius 1 is 1.41 bits per heavy atom. The molecule has 0 amide bonds. The molecule has 2 aromatic heterocycles. The fraction of sp³-hybridized carbons (Fsp3) is 0.444. The number of fused-ring (bicyclic) bond motifs is 4. The highest BCUT2D eigenvalue weighted by atomic mass is 16.5. The van der Waals surface area contributed by atoms with Crippen molar-refractivity contribution in [3.05, 3.63) is 35.9 Å². The van der Waals surface area contributed by atoms with Gasteiger partial charge in [0.2, 0.25) is 0 Å². The van der Waals surface area contributed by atoms with Crippen molar-refractivity contribution in [1.82, 2.24) is 15.0 Å². The minimum absolute atomic E-state index is 0.0668. The number of carboxylic acids is 1. The van der Waals surface area contributed by atoms with Gasteiger partial charge >= 0.3 is 5.97 Å². The molecule has 0 aromatic carbocycles. The van der Waals surface area contributed by atoms with E-state index < -0.39 is 5.97 Å². The molecule has 2 aromatic rings. The third-order valence-corrected chi connectivity index (χ3v) is 4.90. The van der Waals surface area contributed by atoms with Gasteiger partial charge in [-0.25, -0.2) is 14.8 Å². The molecule has 27 heavy (non-hydrogen) atoms. The number of pyridine rings is 1. The van der Waals surface area contributed by atoms with Gasteiger partial charge in [0.1, 0.15) is 5.82 Å². The smallest absolute Gasteiger partial charge is 0.356 e. The van der Waals surface area contributed by atoms with Crippen molar-refractivity contribution in [1.29, 1.82) is 0 Å². The molecule has 2 bridgehead atoms. The molecule has 2 N–H and O–H groups in total. The van der Waals surface area contributed by atoms with Gasteiger partial charge in [0.05, 0.1) is 36.9 Å². The van der Waals surface area contributed by atoms with Gasteiger partial charge in [-0.3, -0.25) is 4.98 Å². The molecule has 4 rings (SSSR count). The zero-order chi connectivity index (χ0) is 18.8. The highest BCUT2D eigenvalue weighted by Gasteiger charge is 2.31. The molecular weight excluding hydrogens is 348 g/mol. The van der Waals surface area contributed by atoms with Gasteiger partial charge in [-0.2, -0.15) is 0 Å². The van der Waals surface area contributed by atoms with Gasteiger partial charge in [0.25, 0.3) is 0 Å². The Labute approximate surface area is 157 Å². The third kappa shape index (κ3) is 3.63. The SMILES string of the molecule is COCCN(Cc1cnc(C(=O)O)cn1)c1ccc2c(n1)N[C@H]1CCN2C1. The Morgan fingerprint density at radius 2 is 2.30 bits per heavy atom. The van der Waals surface area contributed by atoms with Crippen LogP contribution in [0.15, 0.2) is 24.5 Å². The number of methoxy groups -OCH3 is 1. The molecule has 1 fully saturated rings. The highest BCUT2D eigenvalue weighted by Crippen LogP contribution is 2.35. The summed E-state index contributed by atoms with van der Waals surface area (Å²) in [7, 11) is 1.66. The lowest BCUT2D eigenvalue weighted by molar-refractivity contribution is 0.0690. The van der Waals surface area contributed by atoms with Crippen LogP contribution in [0.2, 0.25) is 0 Å². The maximum absolute atomic E-state index is 10.9. The quantitative estimate of drug-likeness (QED) is 0.744. The van der Waals surface area contributed by atoms with E-state index in [1.165, 1.54) is 12.4 Å². The molecule has 0 saturated carbocycles. The monoisotopic (exact) mass is 370 g/mol. The van der Waals surface area contributed by atoms with Crippen LogP contribution in [0.5, 0.6) is 0 Å². The van der Waals surface area contributed by atoms with Gasteiger partial charge in [0, 0.05) is 32.8 Å². The predicted octanol–water partition coefficient (Wildman–Crippen LogP) is 1.23. The molecule has 2 aliphatic rings. The van der Waals surface area contributed by atoms with Crippen LogP contribution in [0.1, 0.15) is 22.6 Å². The van der Waals surface area contributed by atoms with E-state index in [0.717, 1.165) is 36.8 Å². The molecule has 4 heterocycles.